The summed E-state index contributed by atoms with van der Waals surface area (Å²) in [6.45, 7) is 1.55. The van der Waals surface area contributed by atoms with Gasteiger partial charge in [-0.25, -0.2) is 4.39 Å². The predicted molar refractivity (Wildman–Crippen MR) is 42.8 cm³/mol. The molecule has 0 unspecified atom stereocenters. The maximum absolute atomic E-state index is 12.6. The summed E-state index contributed by atoms with van der Waals surface area (Å²) < 4.78 is 12.6. The van der Waals surface area contributed by atoms with E-state index in [1.807, 2.05) is 0 Å². The van der Waals surface area contributed by atoms with Crippen LogP contribution in [0.15, 0.2) is 18.5 Å². The maximum atomic E-state index is 12.6. The molecule has 12 heavy (non-hydrogen) atoms. The summed E-state index contributed by atoms with van der Waals surface area (Å²) in [4.78, 5) is 3.62. The molecule has 0 aromatic carbocycles. The molecule has 3 N–H and O–H groups in total. The Morgan fingerprint density at radius 3 is 2.75 bits per heavy atom. The van der Waals surface area contributed by atoms with Crippen LogP contribution in [-0.4, -0.2) is 16.2 Å². The second-order valence-electron chi connectivity index (χ2n) is 2.70. The lowest BCUT2D eigenvalue weighted by Gasteiger charge is -2.13. The average molecular weight is 170 g/mol. The van der Waals surface area contributed by atoms with Crippen molar-refractivity contribution in [2.24, 2.45) is 5.73 Å². The van der Waals surface area contributed by atoms with Crippen molar-refractivity contribution in [2.75, 3.05) is 0 Å². The minimum atomic E-state index is -0.700. The number of nitrogens with zero attached hydrogens (tertiary/aromatic N) is 1. The Bertz CT molecular complexity index is 265. The lowest BCUT2D eigenvalue weighted by molar-refractivity contribution is 0.164. The Hall–Kier alpha value is -1.00. The number of hydrogen-bond acceptors (Lipinski definition) is 3. The van der Waals surface area contributed by atoms with Gasteiger partial charge in [0.05, 0.1) is 18.3 Å². The molecule has 0 fully saturated rings. The zero-order valence-electron chi connectivity index (χ0n) is 6.74. The summed E-state index contributed by atoms with van der Waals surface area (Å²) in [6.07, 6.45) is 1.84. The maximum Gasteiger partial charge on any atom is 0.141 e. The van der Waals surface area contributed by atoms with Gasteiger partial charge in [-0.2, -0.15) is 0 Å². The number of halogens is 1. The molecule has 1 heterocycles. The van der Waals surface area contributed by atoms with E-state index in [2.05, 4.69) is 4.98 Å². The van der Waals surface area contributed by atoms with Gasteiger partial charge >= 0.3 is 0 Å². The van der Waals surface area contributed by atoms with Crippen molar-refractivity contribution in [2.45, 2.75) is 19.1 Å². The van der Waals surface area contributed by atoms with Crippen molar-refractivity contribution in [1.82, 2.24) is 4.98 Å². The Morgan fingerprint density at radius 2 is 2.25 bits per heavy atom. The molecule has 0 aliphatic carbocycles. The summed E-state index contributed by atoms with van der Waals surface area (Å²) in [5, 5.41) is 9.09. The molecule has 1 rings (SSSR count). The smallest absolute Gasteiger partial charge is 0.141 e. The van der Waals surface area contributed by atoms with Crippen LogP contribution in [0, 0.1) is 5.82 Å². The molecule has 0 amide bonds. The standard InChI is InChI=1S/C8H11FN2O/c1-5(12)8(10)6-2-7(9)4-11-3-6/h2-5,8,12H,10H2,1H3/t5-,8+/m1/s1. The van der Waals surface area contributed by atoms with Crippen molar-refractivity contribution in [3.63, 3.8) is 0 Å². The van der Waals surface area contributed by atoms with Gasteiger partial charge in [0.1, 0.15) is 5.82 Å². The summed E-state index contributed by atoms with van der Waals surface area (Å²) in [5.74, 6) is -0.441. The highest BCUT2D eigenvalue weighted by molar-refractivity contribution is 5.15. The number of pyridine rings is 1. The number of hydrogen-bond donors (Lipinski definition) is 2. The minimum Gasteiger partial charge on any atom is -0.391 e. The fourth-order valence-corrected chi connectivity index (χ4v) is 0.889. The fraction of sp³-hybridized carbons (Fsp3) is 0.375. The average Bonchev–Trinajstić information content (AvgIpc) is 2.03. The van der Waals surface area contributed by atoms with E-state index < -0.39 is 18.0 Å². The zero-order valence-corrected chi connectivity index (χ0v) is 6.74. The molecule has 2 atom stereocenters. The first-order valence-electron chi connectivity index (χ1n) is 3.65. The summed E-state index contributed by atoms with van der Waals surface area (Å²) in [6, 6.07) is 0.692. The summed E-state index contributed by atoms with van der Waals surface area (Å²) in [7, 11) is 0. The molecule has 0 aliphatic rings. The van der Waals surface area contributed by atoms with Crippen LogP contribution >= 0.6 is 0 Å². The van der Waals surface area contributed by atoms with Crippen molar-refractivity contribution >= 4 is 0 Å². The number of nitrogens with two attached hydrogens (primary N) is 1. The largest absolute Gasteiger partial charge is 0.391 e. The molecule has 0 aliphatic heterocycles. The monoisotopic (exact) mass is 170 g/mol. The van der Waals surface area contributed by atoms with Crippen molar-refractivity contribution in [3.8, 4) is 0 Å². The first kappa shape index (κ1) is 9.09. The predicted octanol–water partition coefficient (Wildman–Crippen LogP) is 0.601. The fourth-order valence-electron chi connectivity index (χ4n) is 0.889. The van der Waals surface area contributed by atoms with Crippen LogP contribution in [0.2, 0.25) is 0 Å². The van der Waals surface area contributed by atoms with Gasteiger partial charge in [0, 0.05) is 6.20 Å². The second-order valence-corrected chi connectivity index (χ2v) is 2.70. The minimum absolute atomic E-state index is 0.441. The van der Waals surface area contributed by atoms with E-state index in [0.717, 1.165) is 6.20 Å². The number of aliphatic hydroxyl groups is 1. The SMILES string of the molecule is C[C@@H](O)[C@H](N)c1cncc(F)c1. The molecule has 4 heteroatoms. The van der Waals surface area contributed by atoms with Crippen LogP contribution in [0.4, 0.5) is 4.39 Å². The molecule has 0 saturated carbocycles. The molecule has 1 aromatic rings. The third-order valence-electron chi connectivity index (χ3n) is 1.63. The van der Waals surface area contributed by atoms with Gasteiger partial charge < -0.3 is 10.8 Å². The van der Waals surface area contributed by atoms with Gasteiger partial charge in [0.15, 0.2) is 0 Å². The Kier molecular flexibility index (Phi) is 2.73. The van der Waals surface area contributed by atoms with Crippen molar-refractivity contribution < 1.29 is 9.50 Å². The molecule has 1 aromatic heterocycles. The molecule has 66 valence electrons. The lowest BCUT2D eigenvalue weighted by atomic mass is 10.1. The molecule has 0 saturated heterocycles. The van der Waals surface area contributed by atoms with Crippen LogP contribution in [-0.2, 0) is 0 Å². The third kappa shape index (κ3) is 1.99. The van der Waals surface area contributed by atoms with Crippen molar-refractivity contribution in [3.05, 3.63) is 29.8 Å². The van der Waals surface area contributed by atoms with E-state index in [1.165, 1.54) is 12.3 Å². The Morgan fingerprint density at radius 1 is 1.58 bits per heavy atom. The highest BCUT2D eigenvalue weighted by Crippen LogP contribution is 2.13. The van der Waals surface area contributed by atoms with E-state index in [1.54, 1.807) is 6.92 Å². The van der Waals surface area contributed by atoms with Gasteiger partial charge in [0.25, 0.3) is 0 Å². The quantitative estimate of drug-likeness (QED) is 0.683. The lowest BCUT2D eigenvalue weighted by Crippen LogP contribution is -2.23. The number of aliphatic hydroxyl groups excluding tert-OH is 1. The van der Waals surface area contributed by atoms with Crippen LogP contribution in [0.3, 0.4) is 0 Å². The van der Waals surface area contributed by atoms with Crippen LogP contribution in [0.1, 0.15) is 18.5 Å². The van der Waals surface area contributed by atoms with E-state index in [9.17, 15) is 4.39 Å². The van der Waals surface area contributed by atoms with Gasteiger partial charge in [-0.15, -0.1) is 0 Å². The molecular weight excluding hydrogens is 159 g/mol. The van der Waals surface area contributed by atoms with E-state index in [0.29, 0.717) is 5.56 Å². The molecule has 0 bridgehead atoms. The Labute approximate surface area is 70.0 Å². The molecule has 0 radical (unpaired) electrons. The molecule has 0 spiro atoms. The normalized spacial score (nSPS) is 15.7. The number of rotatable bonds is 2. The molecule has 3 nitrogen and oxygen atoms in total. The van der Waals surface area contributed by atoms with Gasteiger partial charge in [-0.05, 0) is 18.6 Å². The second kappa shape index (κ2) is 3.60. The highest BCUT2D eigenvalue weighted by Gasteiger charge is 2.12. The first-order chi connectivity index (χ1) is 5.61. The van der Waals surface area contributed by atoms with Crippen LogP contribution < -0.4 is 5.73 Å². The van der Waals surface area contributed by atoms with Crippen LogP contribution in [0.5, 0.6) is 0 Å². The van der Waals surface area contributed by atoms with E-state index in [4.69, 9.17) is 10.8 Å². The Balaban J connectivity index is 2.88. The van der Waals surface area contributed by atoms with E-state index >= 15 is 0 Å². The molecular formula is C8H11FN2O. The highest BCUT2D eigenvalue weighted by atomic mass is 19.1. The summed E-state index contributed by atoms with van der Waals surface area (Å²) in [5.41, 5.74) is 6.05. The number of aromatic nitrogens is 1. The topological polar surface area (TPSA) is 59.1 Å². The van der Waals surface area contributed by atoms with E-state index in [-0.39, 0.29) is 0 Å². The van der Waals surface area contributed by atoms with Gasteiger partial charge in [-0.1, -0.05) is 0 Å². The first-order valence-corrected chi connectivity index (χ1v) is 3.65. The third-order valence-corrected chi connectivity index (χ3v) is 1.63. The van der Waals surface area contributed by atoms with Gasteiger partial charge in [-0.3, -0.25) is 4.98 Å². The van der Waals surface area contributed by atoms with Gasteiger partial charge in [0.2, 0.25) is 0 Å². The van der Waals surface area contributed by atoms with Crippen LogP contribution in [0.25, 0.3) is 0 Å². The summed E-state index contributed by atoms with van der Waals surface area (Å²) >= 11 is 0. The zero-order chi connectivity index (χ0) is 9.14. The van der Waals surface area contributed by atoms with Crippen molar-refractivity contribution in [1.29, 1.82) is 0 Å².